The second-order valence-corrected chi connectivity index (χ2v) is 5.61. The minimum absolute atomic E-state index is 0.313. The Morgan fingerprint density at radius 1 is 1.53 bits per heavy atom. The lowest BCUT2D eigenvalue weighted by atomic mass is 9.93. The Morgan fingerprint density at radius 3 is 2.76 bits per heavy atom. The molecule has 1 aliphatic rings. The third-order valence-corrected chi connectivity index (χ3v) is 2.66. The third-order valence-electron chi connectivity index (χ3n) is 2.66. The van der Waals surface area contributed by atoms with Gasteiger partial charge in [0.2, 0.25) is 0 Å². The first-order chi connectivity index (χ1) is 7.81. The molecule has 0 bridgehead atoms. The highest BCUT2D eigenvalue weighted by molar-refractivity contribution is 5.67. The fourth-order valence-electron chi connectivity index (χ4n) is 1.85. The molecule has 100 valence electrons. The van der Waals surface area contributed by atoms with Crippen LogP contribution in [-0.4, -0.2) is 37.0 Å². The molecule has 1 rings (SSSR count). The molecule has 2 N–H and O–H groups in total. The molecular weight excluding hydrogens is 223 g/mol. The molecule has 0 aromatic rings. The molecule has 5 heteroatoms. The van der Waals surface area contributed by atoms with Crippen molar-refractivity contribution in [3.8, 4) is 0 Å². The van der Waals surface area contributed by atoms with Gasteiger partial charge < -0.3 is 15.4 Å². The van der Waals surface area contributed by atoms with E-state index in [-0.39, 0.29) is 0 Å². The highest BCUT2D eigenvalue weighted by Gasteiger charge is 2.31. The predicted octanol–water partition coefficient (Wildman–Crippen LogP) is 1.99. The van der Waals surface area contributed by atoms with Crippen molar-refractivity contribution < 1.29 is 13.9 Å². The molecule has 0 saturated carbocycles. The summed E-state index contributed by atoms with van der Waals surface area (Å²) in [6, 6.07) is 0. The van der Waals surface area contributed by atoms with E-state index in [1.165, 1.54) is 0 Å². The third kappa shape index (κ3) is 5.86. The van der Waals surface area contributed by atoms with Crippen LogP contribution in [0.25, 0.3) is 0 Å². The van der Waals surface area contributed by atoms with E-state index in [0.29, 0.717) is 25.9 Å². The molecule has 0 aromatic carbocycles. The number of alkyl carbamates (subject to hydrolysis) is 1. The highest BCUT2D eigenvalue weighted by Crippen LogP contribution is 2.24. The van der Waals surface area contributed by atoms with Gasteiger partial charge in [0.1, 0.15) is 11.3 Å². The summed E-state index contributed by atoms with van der Waals surface area (Å²) < 4.78 is 19.2. The van der Waals surface area contributed by atoms with Crippen molar-refractivity contribution in [2.24, 2.45) is 0 Å². The smallest absolute Gasteiger partial charge is 0.407 e. The molecule has 1 saturated heterocycles. The Kier molecular flexibility index (Phi) is 4.74. The highest BCUT2D eigenvalue weighted by atomic mass is 19.1. The summed E-state index contributed by atoms with van der Waals surface area (Å²) in [7, 11) is 0. The first-order valence-corrected chi connectivity index (χ1v) is 6.17. The summed E-state index contributed by atoms with van der Waals surface area (Å²) in [5.41, 5.74) is -1.70. The van der Waals surface area contributed by atoms with E-state index in [0.717, 1.165) is 13.0 Å². The summed E-state index contributed by atoms with van der Waals surface area (Å²) in [6.45, 7) is 6.97. The number of carbonyl (C=O) groups excluding carboxylic acids is 1. The van der Waals surface area contributed by atoms with Gasteiger partial charge in [-0.25, -0.2) is 9.18 Å². The predicted molar refractivity (Wildman–Crippen MR) is 64.8 cm³/mol. The van der Waals surface area contributed by atoms with E-state index in [4.69, 9.17) is 4.74 Å². The molecule has 17 heavy (non-hydrogen) atoms. The number of hydrogen-bond donors (Lipinski definition) is 2. The molecule has 1 unspecified atom stereocenters. The zero-order valence-corrected chi connectivity index (χ0v) is 10.9. The molecule has 0 radical (unpaired) electrons. The number of halogens is 1. The SMILES string of the molecule is CC(C)(C)OC(=O)NCCC1(F)CCCNC1. The number of alkyl halides is 1. The average Bonchev–Trinajstić information content (AvgIpc) is 2.15. The Labute approximate surface area is 102 Å². The zero-order valence-electron chi connectivity index (χ0n) is 10.9. The van der Waals surface area contributed by atoms with Gasteiger partial charge in [-0.2, -0.15) is 0 Å². The van der Waals surface area contributed by atoms with E-state index in [9.17, 15) is 9.18 Å². The van der Waals surface area contributed by atoms with Gasteiger partial charge in [0.15, 0.2) is 0 Å². The molecule has 0 spiro atoms. The van der Waals surface area contributed by atoms with Crippen LogP contribution in [0.15, 0.2) is 0 Å². The summed E-state index contributed by atoms with van der Waals surface area (Å²) in [5, 5.41) is 5.62. The van der Waals surface area contributed by atoms with Crippen LogP contribution in [0, 0.1) is 0 Å². The van der Waals surface area contributed by atoms with Crippen LogP contribution < -0.4 is 10.6 Å². The standard InChI is InChI=1S/C12H23FN2O2/c1-11(2,3)17-10(16)15-8-6-12(13)5-4-7-14-9-12/h14H,4-9H2,1-3H3,(H,15,16). The number of rotatable bonds is 3. The number of carbonyl (C=O) groups is 1. The Hall–Kier alpha value is -0.840. The van der Waals surface area contributed by atoms with Crippen LogP contribution in [0.1, 0.15) is 40.0 Å². The maximum atomic E-state index is 14.1. The van der Waals surface area contributed by atoms with Crippen molar-refractivity contribution in [1.29, 1.82) is 0 Å². The number of ether oxygens (including phenoxy) is 1. The normalized spacial score (nSPS) is 25.4. The van der Waals surface area contributed by atoms with Crippen molar-refractivity contribution in [2.75, 3.05) is 19.6 Å². The molecule has 1 heterocycles. The molecule has 1 amide bonds. The van der Waals surface area contributed by atoms with Gasteiger partial charge in [-0.05, 0) is 40.2 Å². The fourth-order valence-corrected chi connectivity index (χ4v) is 1.85. The quantitative estimate of drug-likeness (QED) is 0.800. The Balaban J connectivity index is 2.20. The zero-order chi connectivity index (χ0) is 12.9. The monoisotopic (exact) mass is 246 g/mol. The Bertz CT molecular complexity index is 258. The fraction of sp³-hybridized carbons (Fsp3) is 0.917. The van der Waals surface area contributed by atoms with Crippen LogP contribution in [-0.2, 0) is 4.74 Å². The largest absolute Gasteiger partial charge is 0.444 e. The summed E-state index contributed by atoms with van der Waals surface area (Å²) in [6.07, 6.45) is 1.27. The van der Waals surface area contributed by atoms with Gasteiger partial charge in [0.25, 0.3) is 0 Å². The van der Waals surface area contributed by atoms with Gasteiger partial charge in [-0.1, -0.05) is 0 Å². The summed E-state index contributed by atoms with van der Waals surface area (Å²) >= 11 is 0. The Morgan fingerprint density at radius 2 is 2.24 bits per heavy atom. The molecule has 1 atom stereocenters. The van der Waals surface area contributed by atoms with Crippen LogP contribution in [0.3, 0.4) is 0 Å². The lowest BCUT2D eigenvalue weighted by Crippen LogP contribution is -2.44. The topological polar surface area (TPSA) is 50.4 Å². The minimum Gasteiger partial charge on any atom is -0.444 e. The first-order valence-electron chi connectivity index (χ1n) is 6.17. The molecule has 4 nitrogen and oxygen atoms in total. The van der Waals surface area contributed by atoms with Crippen molar-refractivity contribution in [2.45, 2.75) is 51.3 Å². The van der Waals surface area contributed by atoms with Gasteiger partial charge in [-0.3, -0.25) is 0 Å². The number of hydrogen-bond acceptors (Lipinski definition) is 3. The van der Waals surface area contributed by atoms with Crippen molar-refractivity contribution >= 4 is 6.09 Å². The average molecular weight is 246 g/mol. The van der Waals surface area contributed by atoms with Crippen molar-refractivity contribution in [3.05, 3.63) is 0 Å². The maximum absolute atomic E-state index is 14.1. The lowest BCUT2D eigenvalue weighted by molar-refractivity contribution is 0.0505. The van der Waals surface area contributed by atoms with Crippen LogP contribution in [0.5, 0.6) is 0 Å². The summed E-state index contributed by atoms with van der Waals surface area (Å²) in [5.74, 6) is 0. The van der Waals surface area contributed by atoms with Gasteiger partial charge in [-0.15, -0.1) is 0 Å². The maximum Gasteiger partial charge on any atom is 0.407 e. The molecule has 1 aliphatic heterocycles. The molecule has 0 aliphatic carbocycles. The lowest BCUT2D eigenvalue weighted by Gasteiger charge is -2.30. The van der Waals surface area contributed by atoms with E-state index in [2.05, 4.69) is 10.6 Å². The van der Waals surface area contributed by atoms with Crippen molar-refractivity contribution in [1.82, 2.24) is 10.6 Å². The van der Waals surface area contributed by atoms with Crippen LogP contribution in [0.2, 0.25) is 0 Å². The van der Waals surface area contributed by atoms with Gasteiger partial charge >= 0.3 is 6.09 Å². The minimum atomic E-state index is -1.19. The van der Waals surface area contributed by atoms with Gasteiger partial charge in [0.05, 0.1) is 0 Å². The number of amides is 1. The molecule has 0 aromatic heterocycles. The van der Waals surface area contributed by atoms with E-state index in [1.54, 1.807) is 20.8 Å². The summed E-state index contributed by atoms with van der Waals surface area (Å²) in [4.78, 5) is 11.3. The van der Waals surface area contributed by atoms with Crippen molar-refractivity contribution in [3.63, 3.8) is 0 Å². The second-order valence-electron chi connectivity index (χ2n) is 5.61. The molecular formula is C12H23FN2O2. The van der Waals surface area contributed by atoms with Gasteiger partial charge in [0, 0.05) is 19.5 Å². The number of nitrogens with one attached hydrogen (secondary N) is 2. The van der Waals surface area contributed by atoms with E-state index in [1.807, 2.05) is 0 Å². The number of piperidine rings is 1. The second kappa shape index (κ2) is 5.67. The van der Waals surface area contributed by atoms with Crippen LogP contribution >= 0.6 is 0 Å². The van der Waals surface area contributed by atoms with Crippen LogP contribution in [0.4, 0.5) is 9.18 Å². The van der Waals surface area contributed by atoms with E-state index >= 15 is 0 Å². The molecule has 1 fully saturated rings. The first kappa shape index (κ1) is 14.2. The van der Waals surface area contributed by atoms with E-state index < -0.39 is 17.4 Å².